The van der Waals surface area contributed by atoms with Crippen LogP contribution in [0.1, 0.15) is 17.5 Å². The standard InChI is InChI=1S/C19H20N2O3/c22-18-11-17(13-21(18)12-15-7-3-1-4-8-15)19(23)20-24-14-16-9-5-2-6-10-16/h1-10,17H,11-14H2,(H,20,23)/t17-/m1/s1. The molecule has 1 heterocycles. The van der Waals surface area contributed by atoms with Gasteiger partial charge in [-0.25, -0.2) is 5.48 Å². The van der Waals surface area contributed by atoms with Crippen LogP contribution in [-0.4, -0.2) is 23.3 Å². The summed E-state index contributed by atoms with van der Waals surface area (Å²) in [5, 5.41) is 0. The first-order chi connectivity index (χ1) is 11.7. The fraction of sp³-hybridized carbons (Fsp3) is 0.263. The molecule has 0 spiro atoms. The highest BCUT2D eigenvalue weighted by Gasteiger charge is 2.34. The van der Waals surface area contributed by atoms with Crippen LogP contribution in [-0.2, 0) is 27.6 Å². The first kappa shape index (κ1) is 16.2. The molecule has 0 saturated carbocycles. The Balaban J connectivity index is 1.47. The predicted octanol–water partition coefficient (Wildman–Crippen LogP) is 2.28. The Labute approximate surface area is 141 Å². The summed E-state index contributed by atoms with van der Waals surface area (Å²) >= 11 is 0. The number of hydroxylamine groups is 1. The molecule has 0 radical (unpaired) electrons. The number of amides is 2. The third-order valence-corrected chi connectivity index (χ3v) is 4.06. The lowest BCUT2D eigenvalue weighted by Crippen LogP contribution is -2.32. The van der Waals surface area contributed by atoms with Crippen molar-refractivity contribution < 1.29 is 14.4 Å². The normalized spacial score (nSPS) is 17.1. The van der Waals surface area contributed by atoms with Crippen LogP contribution >= 0.6 is 0 Å². The highest BCUT2D eigenvalue weighted by molar-refractivity contribution is 5.88. The summed E-state index contributed by atoms with van der Waals surface area (Å²) in [6.07, 6.45) is 0.230. The summed E-state index contributed by atoms with van der Waals surface area (Å²) in [6, 6.07) is 19.4. The molecule has 1 atom stereocenters. The Bertz CT molecular complexity index is 688. The first-order valence-electron chi connectivity index (χ1n) is 7.99. The molecular weight excluding hydrogens is 304 g/mol. The molecule has 5 heteroatoms. The van der Waals surface area contributed by atoms with Gasteiger partial charge in [-0.1, -0.05) is 60.7 Å². The number of carbonyl (C=O) groups excluding carboxylic acids is 2. The van der Waals surface area contributed by atoms with E-state index >= 15 is 0 Å². The van der Waals surface area contributed by atoms with Crippen LogP contribution in [0.25, 0.3) is 0 Å². The number of nitrogens with one attached hydrogen (secondary N) is 1. The van der Waals surface area contributed by atoms with Crippen LogP contribution in [0.15, 0.2) is 60.7 Å². The van der Waals surface area contributed by atoms with Gasteiger partial charge in [0.25, 0.3) is 0 Å². The van der Waals surface area contributed by atoms with E-state index in [1.54, 1.807) is 4.90 Å². The molecule has 2 aromatic rings. The summed E-state index contributed by atoms with van der Waals surface area (Å²) in [4.78, 5) is 31.2. The van der Waals surface area contributed by atoms with Crippen molar-refractivity contribution in [1.29, 1.82) is 0 Å². The van der Waals surface area contributed by atoms with Crippen molar-refractivity contribution in [3.8, 4) is 0 Å². The van der Waals surface area contributed by atoms with Crippen molar-refractivity contribution >= 4 is 11.8 Å². The zero-order chi connectivity index (χ0) is 16.8. The first-order valence-corrected chi connectivity index (χ1v) is 7.99. The second-order valence-corrected chi connectivity index (χ2v) is 5.90. The fourth-order valence-corrected chi connectivity index (χ4v) is 2.75. The van der Waals surface area contributed by atoms with Gasteiger partial charge in [0.05, 0.1) is 12.5 Å². The third-order valence-electron chi connectivity index (χ3n) is 4.06. The van der Waals surface area contributed by atoms with Gasteiger partial charge in [-0.3, -0.25) is 14.4 Å². The Kier molecular flexibility index (Phi) is 5.23. The molecule has 1 N–H and O–H groups in total. The van der Waals surface area contributed by atoms with Crippen LogP contribution in [0.5, 0.6) is 0 Å². The predicted molar refractivity (Wildman–Crippen MR) is 89.3 cm³/mol. The van der Waals surface area contributed by atoms with Crippen molar-refractivity contribution in [3.63, 3.8) is 0 Å². The molecule has 3 rings (SSSR count). The van der Waals surface area contributed by atoms with Crippen molar-refractivity contribution in [2.45, 2.75) is 19.6 Å². The maximum Gasteiger partial charge on any atom is 0.248 e. The lowest BCUT2D eigenvalue weighted by atomic mass is 10.1. The molecular formula is C19H20N2O3. The summed E-state index contributed by atoms with van der Waals surface area (Å²) in [6.45, 7) is 1.27. The number of hydrogen-bond donors (Lipinski definition) is 1. The van der Waals surface area contributed by atoms with E-state index in [1.807, 2.05) is 60.7 Å². The molecule has 0 aliphatic carbocycles. The molecule has 24 heavy (non-hydrogen) atoms. The van der Waals surface area contributed by atoms with Crippen LogP contribution in [0, 0.1) is 5.92 Å². The highest BCUT2D eigenvalue weighted by Crippen LogP contribution is 2.20. The van der Waals surface area contributed by atoms with Crippen molar-refractivity contribution in [2.75, 3.05) is 6.54 Å². The quantitative estimate of drug-likeness (QED) is 0.830. The second kappa shape index (κ2) is 7.75. The maximum atomic E-state index is 12.2. The molecule has 1 saturated heterocycles. The molecule has 2 amide bonds. The summed E-state index contributed by atoms with van der Waals surface area (Å²) in [7, 11) is 0. The third kappa shape index (κ3) is 4.20. The van der Waals surface area contributed by atoms with E-state index in [0.29, 0.717) is 19.7 Å². The molecule has 1 aliphatic heterocycles. The van der Waals surface area contributed by atoms with Crippen molar-refractivity contribution in [3.05, 3.63) is 71.8 Å². The smallest absolute Gasteiger partial charge is 0.248 e. The van der Waals surface area contributed by atoms with E-state index < -0.39 is 0 Å². The van der Waals surface area contributed by atoms with Gasteiger partial charge < -0.3 is 4.90 Å². The van der Waals surface area contributed by atoms with Gasteiger partial charge >= 0.3 is 0 Å². The van der Waals surface area contributed by atoms with Gasteiger partial charge in [0, 0.05) is 19.5 Å². The molecule has 0 bridgehead atoms. The molecule has 0 aromatic heterocycles. The summed E-state index contributed by atoms with van der Waals surface area (Å²) < 4.78 is 0. The van der Waals surface area contributed by atoms with Crippen molar-refractivity contribution in [2.24, 2.45) is 5.92 Å². The molecule has 2 aromatic carbocycles. The Hall–Kier alpha value is -2.66. The zero-order valence-corrected chi connectivity index (χ0v) is 13.4. The second-order valence-electron chi connectivity index (χ2n) is 5.90. The number of benzene rings is 2. The van der Waals surface area contributed by atoms with E-state index in [9.17, 15) is 9.59 Å². The molecule has 0 unspecified atom stereocenters. The molecule has 1 fully saturated rings. The van der Waals surface area contributed by atoms with E-state index in [0.717, 1.165) is 11.1 Å². The molecule has 124 valence electrons. The lowest BCUT2D eigenvalue weighted by molar-refractivity contribution is -0.138. The average molecular weight is 324 g/mol. The molecule has 5 nitrogen and oxygen atoms in total. The monoisotopic (exact) mass is 324 g/mol. The Morgan fingerprint density at radius 1 is 1.04 bits per heavy atom. The van der Waals surface area contributed by atoms with Gasteiger partial charge in [0.1, 0.15) is 0 Å². The van der Waals surface area contributed by atoms with Gasteiger partial charge in [0.2, 0.25) is 11.8 Å². The number of rotatable bonds is 6. The van der Waals surface area contributed by atoms with Gasteiger partial charge in [0.15, 0.2) is 0 Å². The summed E-state index contributed by atoms with van der Waals surface area (Å²) in [5.74, 6) is -0.603. The topological polar surface area (TPSA) is 58.6 Å². The van der Waals surface area contributed by atoms with E-state index in [-0.39, 0.29) is 24.2 Å². The minimum absolute atomic E-state index is 0.00191. The minimum atomic E-state index is -0.364. The van der Waals surface area contributed by atoms with Gasteiger partial charge in [-0.05, 0) is 11.1 Å². The fourth-order valence-electron chi connectivity index (χ4n) is 2.75. The van der Waals surface area contributed by atoms with Crippen molar-refractivity contribution in [1.82, 2.24) is 10.4 Å². The summed E-state index contributed by atoms with van der Waals surface area (Å²) in [5.41, 5.74) is 4.50. The lowest BCUT2D eigenvalue weighted by Gasteiger charge is -2.16. The maximum absolute atomic E-state index is 12.2. The molecule has 1 aliphatic rings. The van der Waals surface area contributed by atoms with E-state index in [2.05, 4.69) is 5.48 Å². The zero-order valence-electron chi connectivity index (χ0n) is 13.4. The average Bonchev–Trinajstić information content (AvgIpc) is 2.97. The number of likely N-dealkylation sites (tertiary alicyclic amines) is 1. The van der Waals surface area contributed by atoms with E-state index in [4.69, 9.17) is 4.84 Å². The van der Waals surface area contributed by atoms with Gasteiger partial charge in [-0.2, -0.15) is 0 Å². The van der Waals surface area contributed by atoms with Gasteiger partial charge in [-0.15, -0.1) is 0 Å². The van der Waals surface area contributed by atoms with Crippen LogP contribution in [0.4, 0.5) is 0 Å². The van der Waals surface area contributed by atoms with Crippen LogP contribution in [0.2, 0.25) is 0 Å². The SMILES string of the molecule is O=C(NOCc1ccccc1)[C@@H]1CC(=O)N(Cc2ccccc2)C1. The largest absolute Gasteiger partial charge is 0.338 e. The Morgan fingerprint density at radius 2 is 1.67 bits per heavy atom. The number of nitrogens with zero attached hydrogens (tertiary/aromatic N) is 1. The number of hydrogen-bond acceptors (Lipinski definition) is 3. The highest BCUT2D eigenvalue weighted by atomic mass is 16.6. The Morgan fingerprint density at radius 3 is 2.33 bits per heavy atom. The minimum Gasteiger partial charge on any atom is -0.338 e. The number of carbonyl (C=O) groups is 2. The van der Waals surface area contributed by atoms with E-state index in [1.165, 1.54) is 0 Å². The van der Waals surface area contributed by atoms with Crippen LogP contribution in [0.3, 0.4) is 0 Å². The van der Waals surface area contributed by atoms with Crippen LogP contribution < -0.4 is 5.48 Å².